The van der Waals surface area contributed by atoms with Gasteiger partial charge in [0.1, 0.15) is 5.52 Å². The summed E-state index contributed by atoms with van der Waals surface area (Å²) < 4.78 is 2.90. The summed E-state index contributed by atoms with van der Waals surface area (Å²) >= 11 is 9.44. The lowest BCUT2D eigenvalue weighted by Crippen LogP contribution is -2.04. The van der Waals surface area contributed by atoms with E-state index >= 15 is 0 Å². The third-order valence-corrected chi connectivity index (χ3v) is 3.85. The van der Waals surface area contributed by atoms with E-state index in [1.807, 2.05) is 16.7 Å². The first-order chi connectivity index (χ1) is 9.60. The zero-order chi connectivity index (χ0) is 14.3. The second-order valence-corrected chi connectivity index (χ2v) is 5.78. The van der Waals surface area contributed by atoms with Gasteiger partial charge in [0.05, 0.1) is 10.7 Å². The number of hydrogen-bond acceptors (Lipinski definition) is 3. The predicted octanol–water partition coefficient (Wildman–Crippen LogP) is 3.98. The number of halogens is 2. The van der Waals surface area contributed by atoms with E-state index in [4.69, 9.17) is 17.3 Å². The van der Waals surface area contributed by atoms with Gasteiger partial charge in [-0.3, -0.25) is 4.57 Å². The van der Waals surface area contributed by atoms with Gasteiger partial charge in [-0.15, -0.1) is 0 Å². The van der Waals surface area contributed by atoms with Gasteiger partial charge in [-0.25, -0.2) is 9.97 Å². The lowest BCUT2D eigenvalue weighted by atomic mass is 10.1. The van der Waals surface area contributed by atoms with Gasteiger partial charge in [0.2, 0.25) is 5.95 Å². The van der Waals surface area contributed by atoms with Gasteiger partial charge >= 0.3 is 0 Å². The maximum absolute atomic E-state index is 6.05. The van der Waals surface area contributed by atoms with E-state index in [1.54, 1.807) is 12.3 Å². The molecule has 0 radical (unpaired) electrons. The highest BCUT2D eigenvalue weighted by Gasteiger charge is 2.14. The monoisotopic (exact) mass is 350 g/mol. The lowest BCUT2D eigenvalue weighted by molar-refractivity contribution is 1.02. The Hall–Kier alpha value is -1.59. The average molecular weight is 352 g/mol. The van der Waals surface area contributed by atoms with Crippen molar-refractivity contribution < 1.29 is 0 Å². The van der Waals surface area contributed by atoms with Crippen LogP contribution in [0.15, 0.2) is 34.9 Å². The Bertz CT molecular complexity index is 797. The molecule has 1 aromatic carbocycles. The van der Waals surface area contributed by atoms with Gasteiger partial charge in [-0.2, -0.15) is 0 Å². The molecule has 0 aliphatic carbocycles. The van der Waals surface area contributed by atoms with Crippen molar-refractivity contribution in [3.63, 3.8) is 0 Å². The number of aryl methyl sites for hydroxylation is 1. The summed E-state index contributed by atoms with van der Waals surface area (Å²) in [5.41, 5.74) is 9.62. The van der Waals surface area contributed by atoms with Crippen LogP contribution < -0.4 is 5.73 Å². The van der Waals surface area contributed by atoms with Crippen LogP contribution in [-0.4, -0.2) is 14.5 Å². The van der Waals surface area contributed by atoms with Crippen LogP contribution >= 0.6 is 27.5 Å². The first-order valence-electron chi connectivity index (χ1n) is 6.18. The minimum Gasteiger partial charge on any atom is -0.369 e. The summed E-state index contributed by atoms with van der Waals surface area (Å²) in [4.78, 5) is 8.68. The minimum absolute atomic E-state index is 0.409. The van der Waals surface area contributed by atoms with E-state index in [-0.39, 0.29) is 0 Å². The Balaban J connectivity index is 2.32. The lowest BCUT2D eigenvalue weighted by Gasteiger charge is -2.11. The highest BCUT2D eigenvalue weighted by molar-refractivity contribution is 9.10. The van der Waals surface area contributed by atoms with E-state index in [9.17, 15) is 0 Å². The Kier molecular flexibility index (Phi) is 3.40. The van der Waals surface area contributed by atoms with Gasteiger partial charge in [0, 0.05) is 10.7 Å². The second-order valence-electron chi connectivity index (χ2n) is 4.43. The molecule has 0 bridgehead atoms. The molecule has 0 unspecified atom stereocenters. The third kappa shape index (κ3) is 2.17. The summed E-state index contributed by atoms with van der Waals surface area (Å²) in [5.74, 6) is 0.409. The molecule has 0 amide bonds. The number of anilines is 1. The van der Waals surface area contributed by atoms with E-state index in [0.717, 1.165) is 16.6 Å². The topological polar surface area (TPSA) is 56.7 Å². The van der Waals surface area contributed by atoms with Crippen LogP contribution in [0.2, 0.25) is 5.02 Å². The van der Waals surface area contributed by atoms with Crippen molar-refractivity contribution in [2.24, 2.45) is 0 Å². The molecule has 0 spiro atoms. The standard InChI is InChI=1S/C14H12BrClN4/c1-2-8-5-9(15)3-4-12(8)20-13-11(19-14(20)17)6-10(16)7-18-13/h3-7H,2H2,1H3,(H2,17,19). The van der Waals surface area contributed by atoms with Crippen molar-refractivity contribution >= 4 is 44.6 Å². The number of aromatic nitrogens is 3. The maximum Gasteiger partial charge on any atom is 0.207 e. The number of hydrogen-bond donors (Lipinski definition) is 1. The summed E-state index contributed by atoms with van der Waals surface area (Å²) in [7, 11) is 0. The number of pyridine rings is 1. The van der Waals surface area contributed by atoms with Crippen molar-refractivity contribution in [3.8, 4) is 5.69 Å². The first kappa shape index (κ1) is 13.4. The molecule has 0 saturated carbocycles. The van der Waals surface area contributed by atoms with Crippen LogP contribution in [0.4, 0.5) is 5.95 Å². The number of nitrogen functional groups attached to an aromatic ring is 1. The van der Waals surface area contributed by atoms with Gasteiger partial charge < -0.3 is 5.73 Å². The van der Waals surface area contributed by atoms with Crippen LogP contribution in [0.5, 0.6) is 0 Å². The molecule has 0 atom stereocenters. The predicted molar refractivity (Wildman–Crippen MR) is 85.4 cm³/mol. The normalized spacial score (nSPS) is 11.2. The molecule has 102 valence electrons. The number of rotatable bonds is 2. The number of nitrogens with zero attached hydrogens (tertiary/aromatic N) is 3. The Morgan fingerprint density at radius 2 is 2.15 bits per heavy atom. The van der Waals surface area contributed by atoms with Crippen LogP contribution in [0.1, 0.15) is 12.5 Å². The highest BCUT2D eigenvalue weighted by Crippen LogP contribution is 2.27. The third-order valence-electron chi connectivity index (χ3n) is 3.15. The maximum atomic E-state index is 6.05. The van der Waals surface area contributed by atoms with Crippen molar-refractivity contribution in [2.75, 3.05) is 5.73 Å². The zero-order valence-corrected chi connectivity index (χ0v) is 13.1. The molecule has 2 heterocycles. The molecule has 3 rings (SSSR count). The average Bonchev–Trinajstić information content (AvgIpc) is 2.73. The minimum atomic E-state index is 0.409. The molecule has 0 aliphatic heterocycles. The highest BCUT2D eigenvalue weighted by atomic mass is 79.9. The summed E-state index contributed by atoms with van der Waals surface area (Å²) in [6, 6.07) is 7.84. The summed E-state index contributed by atoms with van der Waals surface area (Å²) in [6.07, 6.45) is 2.49. The van der Waals surface area contributed by atoms with Crippen LogP contribution in [0, 0.1) is 0 Å². The molecule has 0 aliphatic rings. The van der Waals surface area contributed by atoms with Gasteiger partial charge in [-0.1, -0.05) is 34.5 Å². The molecular formula is C14H12BrClN4. The summed E-state index contributed by atoms with van der Waals surface area (Å²) in [5, 5.41) is 0.550. The summed E-state index contributed by atoms with van der Waals surface area (Å²) in [6.45, 7) is 2.10. The number of imidazole rings is 1. The van der Waals surface area contributed by atoms with E-state index in [2.05, 4.69) is 38.9 Å². The molecule has 3 aromatic rings. The molecular weight excluding hydrogens is 340 g/mol. The van der Waals surface area contributed by atoms with Crippen LogP contribution in [-0.2, 0) is 6.42 Å². The van der Waals surface area contributed by atoms with E-state index < -0.39 is 0 Å². The van der Waals surface area contributed by atoms with Crippen molar-refractivity contribution in [3.05, 3.63) is 45.5 Å². The van der Waals surface area contributed by atoms with Crippen LogP contribution in [0.3, 0.4) is 0 Å². The number of nitrogens with two attached hydrogens (primary N) is 1. The molecule has 20 heavy (non-hydrogen) atoms. The fraction of sp³-hybridized carbons (Fsp3) is 0.143. The van der Waals surface area contributed by atoms with E-state index in [0.29, 0.717) is 22.1 Å². The van der Waals surface area contributed by atoms with E-state index in [1.165, 1.54) is 5.56 Å². The number of fused-ring (bicyclic) bond motifs is 1. The largest absolute Gasteiger partial charge is 0.369 e. The molecule has 2 N–H and O–H groups in total. The smallest absolute Gasteiger partial charge is 0.207 e. The van der Waals surface area contributed by atoms with Gasteiger partial charge in [0.25, 0.3) is 0 Å². The molecule has 2 aromatic heterocycles. The molecule has 0 fully saturated rings. The Morgan fingerprint density at radius 3 is 2.90 bits per heavy atom. The fourth-order valence-corrected chi connectivity index (χ4v) is 2.81. The quantitative estimate of drug-likeness (QED) is 0.759. The Labute approximate surface area is 129 Å². The SMILES string of the molecule is CCc1cc(Br)ccc1-n1c(N)nc2cc(Cl)cnc21. The van der Waals surface area contributed by atoms with Crippen LogP contribution in [0.25, 0.3) is 16.9 Å². The fourth-order valence-electron chi connectivity index (χ4n) is 2.25. The Morgan fingerprint density at radius 1 is 1.35 bits per heavy atom. The van der Waals surface area contributed by atoms with Crippen molar-refractivity contribution in [1.29, 1.82) is 0 Å². The molecule has 4 nitrogen and oxygen atoms in total. The molecule has 6 heteroatoms. The van der Waals surface area contributed by atoms with Gasteiger partial charge in [0.15, 0.2) is 5.65 Å². The second kappa shape index (κ2) is 5.07. The van der Waals surface area contributed by atoms with Crippen molar-refractivity contribution in [1.82, 2.24) is 14.5 Å². The zero-order valence-electron chi connectivity index (χ0n) is 10.8. The first-order valence-corrected chi connectivity index (χ1v) is 7.35. The molecule has 0 saturated heterocycles. The number of benzene rings is 1. The van der Waals surface area contributed by atoms with Gasteiger partial charge in [-0.05, 0) is 36.2 Å². The van der Waals surface area contributed by atoms with Crippen molar-refractivity contribution in [2.45, 2.75) is 13.3 Å².